The van der Waals surface area contributed by atoms with Crippen LogP contribution >= 0.6 is 11.3 Å². The van der Waals surface area contributed by atoms with E-state index in [4.69, 9.17) is 0 Å². The highest BCUT2D eigenvalue weighted by molar-refractivity contribution is 7.91. The molecule has 0 aliphatic carbocycles. The highest BCUT2D eigenvalue weighted by Gasteiger charge is 2.34. The van der Waals surface area contributed by atoms with Crippen LogP contribution in [0.3, 0.4) is 0 Å². The van der Waals surface area contributed by atoms with Crippen LogP contribution in [0.5, 0.6) is 0 Å². The number of anilines is 1. The number of hydrogen-bond donors (Lipinski definition) is 2. The molecule has 5 rings (SSSR count). The standard InChI is InChI=1S/C24H23N5O3S2/c30-24(18-10-6-14-29(16-18)34(31,32)21-13-7-15-33-21)25-20-12-5-4-11-19(20)23-26-22(27-28-23)17-8-2-1-3-9-17/h1-5,7-9,11-13,15,18H,6,10,14,16H2,(H,25,30)(H,26,27,28). The quantitative estimate of drug-likeness (QED) is 0.418. The number of amides is 1. The zero-order chi connectivity index (χ0) is 23.5. The molecule has 34 heavy (non-hydrogen) atoms. The molecule has 1 amide bonds. The van der Waals surface area contributed by atoms with Gasteiger partial charge in [0, 0.05) is 24.2 Å². The number of nitrogens with zero attached hydrogens (tertiary/aromatic N) is 3. The Balaban J connectivity index is 1.34. The Labute approximate surface area is 201 Å². The van der Waals surface area contributed by atoms with Crippen LogP contribution < -0.4 is 5.32 Å². The molecule has 0 radical (unpaired) electrons. The number of rotatable bonds is 6. The molecular weight excluding hydrogens is 470 g/mol. The van der Waals surface area contributed by atoms with Crippen LogP contribution in [0.15, 0.2) is 76.3 Å². The molecule has 2 aromatic carbocycles. The van der Waals surface area contributed by atoms with E-state index in [0.717, 1.165) is 5.56 Å². The fourth-order valence-corrected chi connectivity index (χ4v) is 6.71. The van der Waals surface area contributed by atoms with Gasteiger partial charge in [0.2, 0.25) is 5.91 Å². The van der Waals surface area contributed by atoms with Gasteiger partial charge in [-0.1, -0.05) is 48.5 Å². The molecule has 1 fully saturated rings. The molecule has 8 nitrogen and oxygen atoms in total. The molecule has 1 aliphatic rings. The summed E-state index contributed by atoms with van der Waals surface area (Å²) in [6.45, 7) is 0.579. The molecule has 0 bridgehead atoms. The van der Waals surface area contributed by atoms with Crippen molar-refractivity contribution in [3.63, 3.8) is 0 Å². The molecule has 2 N–H and O–H groups in total. The van der Waals surface area contributed by atoms with Gasteiger partial charge in [-0.2, -0.15) is 9.40 Å². The molecule has 1 saturated heterocycles. The molecule has 4 aromatic rings. The Morgan fingerprint density at radius 2 is 1.85 bits per heavy atom. The molecule has 0 saturated carbocycles. The van der Waals surface area contributed by atoms with E-state index in [9.17, 15) is 13.2 Å². The minimum absolute atomic E-state index is 0.161. The Morgan fingerprint density at radius 3 is 2.65 bits per heavy atom. The van der Waals surface area contributed by atoms with Crippen LogP contribution in [0.4, 0.5) is 5.69 Å². The molecule has 1 unspecified atom stereocenters. The third-order valence-electron chi connectivity index (χ3n) is 5.80. The monoisotopic (exact) mass is 493 g/mol. The van der Waals surface area contributed by atoms with Crippen molar-refractivity contribution in [3.05, 3.63) is 72.1 Å². The number of para-hydroxylation sites is 1. The number of hydrogen-bond acceptors (Lipinski definition) is 6. The number of nitrogens with one attached hydrogen (secondary N) is 2. The number of thiophene rings is 1. The number of aromatic nitrogens is 3. The van der Waals surface area contributed by atoms with E-state index in [-0.39, 0.29) is 12.5 Å². The smallest absolute Gasteiger partial charge is 0.252 e. The summed E-state index contributed by atoms with van der Waals surface area (Å²) in [5.74, 6) is 0.464. The van der Waals surface area contributed by atoms with Gasteiger partial charge in [-0.25, -0.2) is 13.4 Å². The summed E-state index contributed by atoms with van der Waals surface area (Å²) in [4.78, 5) is 17.8. The highest BCUT2D eigenvalue weighted by atomic mass is 32.2. The molecule has 2 aromatic heterocycles. The van der Waals surface area contributed by atoms with Crippen LogP contribution in [0.1, 0.15) is 12.8 Å². The molecule has 10 heteroatoms. The van der Waals surface area contributed by atoms with Crippen molar-refractivity contribution in [1.82, 2.24) is 19.5 Å². The number of benzene rings is 2. The fourth-order valence-electron chi connectivity index (χ4n) is 4.04. The SMILES string of the molecule is O=C(Nc1ccccc1-c1nc(-c2ccccc2)n[nH]1)C1CCCN(S(=O)(=O)c2cccs2)C1. The Kier molecular flexibility index (Phi) is 6.27. The second kappa shape index (κ2) is 9.49. The number of H-pyrrole nitrogens is 1. The van der Waals surface area contributed by atoms with Crippen molar-refractivity contribution in [1.29, 1.82) is 0 Å². The van der Waals surface area contributed by atoms with E-state index in [1.165, 1.54) is 15.6 Å². The first kappa shape index (κ1) is 22.5. The van der Waals surface area contributed by atoms with Crippen molar-refractivity contribution >= 4 is 33.0 Å². The second-order valence-electron chi connectivity index (χ2n) is 8.04. The number of carbonyl (C=O) groups is 1. The van der Waals surface area contributed by atoms with E-state index < -0.39 is 15.9 Å². The van der Waals surface area contributed by atoms with Gasteiger partial charge in [-0.3, -0.25) is 9.89 Å². The van der Waals surface area contributed by atoms with Crippen molar-refractivity contribution in [2.45, 2.75) is 17.1 Å². The molecular formula is C24H23N5O3S2. The molecule has 3 heterocycles. The lowest BCUT2D eigenvalue weighted by Crippen LogP contribution is -2.43. The van der Waals surface area contributed by atoms with Crippen LogP contribution in [0.25, 0.3) is 22.8 Å². The van der Waals surface area contributed by atoms with Gasteiger partial charge >= 0.3 is 0 Å². The maximum Gasteiger partial charge on any atom is 0.252 e. The average molecular weight is 494 g/mol. The normalized spacial score (nSPS) is 16.9. The lowest BCUT2D eigenvalue weighted by Gasteiger charge is -2.30. The maximum atomic E-state index is 13.2. The highest BCUT2D eigenvalue weighted by Crippen LogP contribution is 2.30. The third kappa shape index (κ3) is 4.52. The lowest BCUT2D eigenvalue weighted by molar-refractivity contribution is -0.120. The van der Waals surface area contributed by atoms with E-state index in [2.05, 4.69) is 20.5 Å². The summed E-state index contributed by atoms with van der Waals surface area (Å²) in [7, 11) is -3.58. The first-order valence-corrected chi connectivity index (χ1v) is 13.3. The van der Waals surface area contributed by atoms with E-state index in [1.807, 2.05) is 48.5 Å². The van der Waals surface area contributed by atoms with E-state index in [1.54, 1.807) is 23.6 Å². The van der Waals surface area contributed by atoms with Crippen molar-refractivity contribution in [2.75, 3.05) is 18.4 Å². The maximum absolute atomic E-state index is 13.2. The van der Waals surface area contributed by atoms with Gasteiger partial charge in [-0.05, 0) is 36.4 Å². The minimum Gasteiger partial charge on any atom is -0.325 e. The van der Waals surface area contributed by atoms with E-state index >= 15 is 0 Å². The Bertz CT molecular complexity index is 1390. The largest absolute Gasteiger partial charge is 0.325 e. The van der Waals surface area contributed by atoms with Crippen LogP contribution in [0, 0.1) is 5.92 Å². The Morgan fingerprint density at radius 1 is 1.06 bits per heavy atom. The van der Waals surface area contributed by atoms with Gasteiger partial charge in [-0.15, -0.1) is 11.3 Å². The predicted octanol–water partition coefficient (Wildman–Crippen LogP) is 4.24. The third-order valence-corrected chi connectivity index (χ3v) is 9.04. The van der Waals surface area contributed by atoms with Gasteiger partial charge in [0.05, 0.1) is 11.6 Å². The van der Waals surface area contributed by atoms with Crippen molar-refractivity contribution < 1.29 is 13.2 Å². The van der Waals surface area contributed by atoms with Crippen molar-refractivity contribution in [3.8, 4) is 22.8 Å². The number of sulfonamides is 1. The zero-order valence-electron chi connectivity index (χ0n) is 18.2. The second-order valence-corrected chi connectivity index (χ2v) is 11.2. The molecule has 1 atom stereocenters. The first-order valence-electron chi connectivity index (χ1n) is 10.9. The summed E-state index contributed by atoms with van der Waals surface area (Å²) < 4.78 is 27.6. The summed E-state index contributed by atoms with van der Waals surface area (Å²) in [6, 6.07) is 20.3. The summed E-state index contributed by atoms with van der Waals surface area (Å²) in [6.07, 6.45) is 1.26. The van der Waals surface area contributed by atoms with Crippen LogP contribution in [-0.4, -0.2) is 46.9 Å². The first-order chi connectivity index (χ1) is 16.5. The van der Waals surface area contributed by atoms with Crippen LogP contribution in [0.2, 0.25) is 0 Å². The number of carbonyl (C=O) groups excluding carboxylic acids is 1. The van der Waals surface area contributed by atoms with Crippen LogP contribution in [-0.2, 0) is 14.8 Å². The minimum atomic E-state index is -3.58. The van der Waals surface area contributed by atoms with Gasteiger partial charge in [0.25, 0.3) is 10.0 Å². The lowest BCUT2D eigenvalue weighted by atomic mass is 9.98. The number of piperidine rings is 1. The van der Waals surface area contributed by atoms with Gasteiger partial charge < -0.3 is 5.32 Å². The fraction of sp³-hybridized carbons (Fsp3) is 0.208. The Hall–Kier alpha value is -3.34. The van der Waals surface area contributed by atoms with E-state index in [0.29, 0.717) is 46.5 Å². The summed E-state index contributed by atoms with van der Waals surface area (Å²) in [5.41, 5.74) is 2.20. The van der Waals surface area contributed by atoms with Crippen molar-refractivity contribution in [2.24, 2.45) is 5.92 Å². The predicted molar refractivity (Wildman–Crippen MR) is 132 cm³/mol. The van der Waals surface area contributed by atoms with Gasteiger partial charge in [0.15, 0.2) is 11.6 Å². The molecule has 174 valence electrons. The summed E-state index contributed by atoms with van der Waals surface area (Å²) in [5, 5.41) is 12.0. The topological polar surface area (TPSA) is 108 Å². The van der Waals surface area contributed by atoms with Gasteiger partial charge in [0.1, 0.15) is 4.21 Å². The number of aromatic amines is 1. The zero-order valence-corrected chi connectivity index (χ0v) is 19.8. The molecule has 1 aliphatic heterocycles. The summed E-state index contributed by atoms with van der Waals surface area (Å²) >= 11 is 1.19. The molecule has 0 spiro atoms. The average Bonchev–Trinajstić information content (AvgIpc) is 3.58.